The van der Waals surface area contributed by atoms with Crippen LogP contribution in [-0.4, -0.2) is 80.5 Å². The van der Waals surface area contributed by atoms with Crippen molar-refractivity contribution < 1.29 is 26.4 Å². The number of ether oxygens (including phenoxy) is 1. The third-order valence-corrected chi connectivity index (χ3v) is 8.49. The molecule has 0 bridgehead atoms. The van der Waals surface area contributed by atoms with Gasteiger partial charge in [0.15, 0.2) is 11.3 Å². The molecule has 0 spiro atoms. The van der Waals surface area contributed by atoms with Crippen LogP contribution in [0, 0.1) is 0 Å². The summed E-state index contributed by atoms with van der Waals surface area (Å²) in [7, 11) is -3.57. The van der Waals surface area contributed by atoms with E-state index in [1.165, 1.54) is 21.8 Å². The Morgan fingerprint density at radius 2 is 1.14 bits per heavy atom. The van der Waals surface area contributed by atoms with E-state index in [2.05, 4.69) is 35.5 Å². The minimum absolute atomic E-state index is 0.207. The van der Waals surface area contributed by atoms with Gasteiger partial charge in [-0.05, 0) is 45.0 Å². The number of rotatable bonds is 5. The second-order valence-electron chi connectivity index (χ2n) is 12.1. The first-order valence-electron chi connectivity index (χ1n) is 14.6. The molecule has 2 aromatic carbocycles. The zero-order chi connectivity index (χ0) is 35.9. The number of anilines is 2. The fourth-order valence-corrected chi connectivity index (χ4v) is 5.59. The second-order valence-corrected chi connectivity index (χ2v) is 15.9. The Morgan fingerprint density at radius 1 is 0.735 bits per heavy atom. The number of nitrogens with one attached hydrogen (secondary N) is 1. The summed E-state index contributed by atoms with van der Waals surface area (Å²) in [5.41, 5.74) is 10.2. The molecule has 0 radical (unpaired) electrons. The zero-order valence-electron chi connectivity index (χ0n) is 27.7. The number of hydrogen-bond acceptors (Lipinski definition) is 13. The lowest BCUT2D eigenvalue weighted by molar-refractivity contribution is 0.0636. The number of aryl methyl sites for hydroxylation is 2. The van der Waals surface area contributed by atoms with Crippen LogP contribution in [0.4, 0.5) is 16.2 Å². The summed E-state index contributed by atoms with van der Waals surface area (Å²) in [6, 6.07) is 14.3. The third kappa shape index (κ3) is 7.98. The van der Waals surface area contributed by atoms with Crippen LogP contribution in [0.3, 0.4) is 0 Å². The van der Waals surface area contributed by atoms with Gasteiger partial charge in [0.2, 0.25) is 30.0 Å². The number of carbonyl (C=O) groups is 1. The normalized spacial score (nSPS) is 12.1. The first-order chi connectivity index (χ1) is 22.8. The number of carbonyl (C=O) groups excluding carboxylic acids is 1. The van der Waals surface area contributed by atoms with Gasteiger partial charge in [0.1, 0.15) is 17.0 Å². The van der Waals surface area contributed by atoms with Gasteiger partial charge in [0.05, 0.1) is 10.8 Å². The maximum Gasteiger partial charge on any atom is 0.412 e. The Morgan fingerprint density at radius 3 is 1.53 bits per heavy atom. The van der Waals surface area contributed by atoms with Crippen LogP contribution in [0.1, 0.15) is 20.8 Å². The number of aromatic nitrogens is 8. The Hall–Kier alpha value is -5.49. The van der Waals surface area contributed by atoms with Crippen molar-refractivity contribution in [3.05, 3.63) is 60.9 Å². The molecule has 4 heterocycles. The highest BCUT2D eigenvalue weighted by Crippen LogP contribution is 2.29. The molecule has 0 aliphatic rings. The first-order valence-corrected chi connectivity index (χ1v) is 18.3. The molecular formula is C31H34N10O6S2. The molecule has 18 heteroatoms. The monoisotopic (exact) mass is 706 g/mol. The van der Waals surface area contributed by atoms with Gasteiger partial charge in [-0.15, -0.1) is 0 Å². The quantitative estimate of drug-likeness (QED) is 0.193. The summed E-state index contributed by atoms with van der Waals surface area (Å²) >= 11 is 0. The number of nitrogens with two attached hydrogens (primary N) is 1. The molecule has 49 heavy (non-hydrogen) atoms. The van der Waals surface area contributed by atoms with Gasteiger partial charge in [-0.25, -0.2) is 41.0 Å². The summed E-state index contributed by atoms with van der Waals surface area (Å²) in [5.74, 6) is 0. The van der Waals surface area contributed by atoms with Gasteiger partial charge < -0.3 is 10.5 Å². The predicted octanol–water partition coefficient (Wildman–Crippen LogP) is 3.80. The maximum absolute atomic E-state index is 11.9. The van der Waals surface area contributed by atoms with E-state index in [9.17, 15) is 21.6 Å². The van der Waals surface area contributed by atoms with E-state index in [0.29, 0.717) is 44.8 Å². The van der Waals surface area contributed by atoms with Crippen LogP contribution in [-0.2, 0) is 38.5 Å². The molecule has 1 amide bonds. The van der Waals surface area contributed by atoms with Crippen LogP contribution in [0.25, 0.3) is 44.6 Å². The Bertz CT molecular complexity index is 2420. The molecular weight excluding hydrogens is 673 g/mol. The van der Waals surface area contributed by atoms with E-state index in [1.807, 2.05) is 12.1 Å². The standard InChI is InChI=1S/C18H21N5O4S.C13H13N5O2S/c1-18(2,3)27-17(24)20-12-8-6-11(7-9-12)14-13-10-19-16(28(5,25)26)21-15(13)23(4)22-14;1-18-12-10(7-15-13(16-12)21(2,19)20)11(17-18)8-3-5-9(14)6-4-8/h6-10H,1-5H3,(H,20,24);3-7H,14H2,1-2H3. The minimum atomic E-state index is -3.51. The molecule has 6 rings (SSSR count). The summed E-state index contributed by atoms with van der Waals surface area (Å²) in [6.07, 6.45) is 4.53. The highest BCUT2D eigenvalue weighted by molar-refractivity contribution is 7.90. The fourth-order valence-electron chi connectivity index (χ4n) is 4.60. The second kappa shape index (κ2) is 12.8. The number of sulfone groups is 2. The van der Waals surface area contributed by atoms with E-state index in [1.54, 1.807) is 71.3 Å². The van der Waals surface area contributed by atoms with Crippen LogP contribution >= 0.6 is 0 Å². The van der Waals surface area contributed by atoms with Gasteiger partial charge in [-0.2, -0.15) is 20.2 Å². The molecule has 16 nitrogen and oxygen atoms in total. The lowest BCUT2D eigenvalue weighted by Crippen LogP contribution is -2.27. The predicted molar refractivity (Wildman–Crippen MR) is 184 cm³/mol. The van der Waals surface area contributed by atoms with Gasteiger partial charge in [0, 0.05) is 61.5 Å². The van der Waals surface area contributed by atoms with Crippen molar-refractivity contribution in [2.24, 2.45) is 14.1 Å². The van der Waals surface area contributed by atoms with Crippen molar-refractivity contribution in [1.29, 1.82) is 0 Å². The average Bonchev–Trinajstić information content (AvgIpc) is 3.52. The Balaban J connectivity index is 0.000000199. The summed E-state index contributed by atoms with van der Waals surface area (Å²) in [5, 5.41) is 12.4. The van der Waals surface area contributed by atoms with Crippen molar-refractivity contribution in [3.63, 3.8) is 0 Å². The van der Waals surface area contributed by atoms with E-state index < -0.39 is 31.4 Å². The van der Waals surface area contributed by atoms with Gasteiger partial charge in [-0.1, -0.05) is 24.3 Å². The average molecular weight is 707 g/mol. The fraction of sp³-hybridized carbons (Fsp3) is 0.258. The van der Waals surface area contributed by atoms with Crippen molar-refractivity contribution in [3.8, 4) is 22.5 Å². The van der Waals surface area contributed by atoms with Crippen molar-refractivity contribution in [2.45, 2.75) is 36.7 Å². The Labute approximate surface area is 282 Å². The molecule has 0 saturated carbocycles. The zero-order valence-corrected chi connectivity index (χ0v) is 29.3. The van der Waals surface area contributed by atoms with E-state index >= 15 is 0 Å². The largest absolute Gasteiger partial charge is 0.444 e. The van der Waals surface area contributed by atoms with Gasteiger partial charge in [0.25, 0.3) is 0 Å². The highest BCUT2D eigenvalue weighted by atomic mass is 32.2. The summed E-state index contributed by atoms with van der Waals surface area (Å²) < 4.78 is 54.7. The lowest BCUT2D eigenvalue weighted by atomic mass is 10.1. The SMILES string of the molecule is Cn1nc(-c2ccc(N)cc2)c2cnc(S(C)(=O)=O)nc21.Cn1nc(-c2ccc(NC(=O)OC(C)(C)C)cc2)c2cnc(S(C)(=O)=O)nc21. The molecule has 0 aliphatic heterocycles. The maximum atomic E-state index is 11.9. The number of fused-ring (bicyclic) bond motifs is 2. The molecule has 256 valence electrons. The number of hydrogen-bond donors (Lipinski definition) is 2. The lowest BCUT2D eigenvalue weighted by Gasteiger charge is -2.19. The van der Waals surface area contributed by atoms with Gasteiger partial charge >= 0.3 is 6.09 Å². The van der Waals surface area contributed by atoms with Crippen molar-refractivity contribution in [1.82, 2.24) is 39.5 Å². The number of nitrogens with zero attached hydrogens (tertiary/aromatic N) is 8. The number of amides is 1. The van der Waals surface area contributed by atoms with E-state index in [0.717, 1.165) is 23.6 Å². The molecule has 0 aliphatic carbocycles. The molecule has 0 atom stereocenters. The number of nitrogen functional groups attached to an aromatic ring is 1. The van der Waals surface area contributed by atoms with E-state index in [4.69, 9.17) is 10.5 Å². The smallest absolute Gasteiger partial charge is 0.412 e. The van der Waals surface area contributed by atoms with Crippen LogP contribution < -0.4 is 11.1 Å². The topological polar surface area (TPSA) is 220 Å². The molecule has 4 aromatic heterocycles. The summed E-state index contributed by atoms with van der Waals surface area (Å²) in [4.78, 5) is 27.9. The molecule has 0 fully saturated rings. The molecule has 3 N–H and O–H groups in total. The van der Waals surface area contributed by atoms with Crippen LogP contribution in [0.5, 0.6) is 0 Å². The molecule has 6 aromatic rings. The van der Waals surface area contributed by atoms with Crippen molar-refractivity contribution >= 4 is 59.2 Å². The van der Waals surface area contributed by atoms with Crippen LogP contribution in [0.15, 0.2) is 71.2 Å². The third-order valence-electron chi connectivity index (χ3n) is 6.77. The van der Waals surface area contributed by atoms with Crippen molar-refractivity contribution in [2.75, 3.05) is 23.6 Å². The van der Waals surface area contributed by atoms with E-state index in [-0.39, 0.29) is 10.3 Å². The first kappa shape index (κ1) is 34.8. The molecule has 0 saturated heterocycles. The number of benzene rings is 2. The minimum Gasteiger partial charge on any atom is -0.444 e. The Kier molecular flexibility index (Phi) is 9.13. The van der Waals surface area contributed by atoms with Gasteiger partial charge in [-0.3, -0.25) is 5.32 Å². The van der Waals surface area contributed by atoms with Crippen LogP contribution in [0.2, 0.25) is 0 Å². The highest BCUT2D eigenvalue weighted by Gasteiger charge is 2.20. The molecule has 0 unspecified atom stereocenters. The summed E-state index contributed by atoms with van der Waals surface area (Å²) in [6.45, 7) is 5.37.